The second-order valence-corrected chi connectivity index (χ2v) is 7.13. The molecule has 2 amide bonds. The first-order valence-electron chi connectivity index (χ1n) is 8.83. The topological polar surface area (TPSA) is 96.2 Å². The number of carbonyl (C=O) groups excluding carboxylic acids is 2. The zero-order chi connectivity index (χ0) is 22.8. The molecule has 2 aromatic carbocycles. The van der Waals surface area contributed by atoms with E-state index < -0.39 is 30.4 Å². The summed E-state index contributed by atoms with van der Waals surface area (Å²) in [5, 5.41) is 13.7. The van der Waals surface area contributed by atoms with Crippen LogP contribution in [0, 0.1) is 0 Å². The van der Waals surface area contributed by atoms with Gasteiger partial charge in [-0.2, -0.15) is 13.2 Å². The van der Waals surface area contributed by atoms with E-state index in [1.54, 1.807) is 6.07 Å². The smallest absolute Gasteiger partial charge is 0.395 e. The van der Waals surface area contributed by atoms with Crippen molar-refractivity contribution in [1.29, 1.82) is 0 Å². The molecule has 0 radical (unpaired) electrons. The first kappa shape index (κ1) is 22.9. The number of amides is 2. The maximum atomic E-state index is 13.6. The summed E-state index contributed by atoms with van der Waals surface area (Å²) in [5.74, 6) is -2.78. The molecule has 0 spiro atoms. The van der Waals surface area contributed by atoms with Crippen LogP contribution in [0.15, 0.2) is 36.4 Å². The number of rotatable bonds is 6. The fourth-order valence-electron chi connectivity index (χ4n) is 2.92. The summed E-state index contributed by atoms with van der Waals surface area (Å²) in [6.45, 7) is -1.14. The van der Waals surface area contributed by atoms with Gasteiger partial charge in [0.1, 0.15) is 12.1 Å². The largest absolute Gasteiger partial charge is 0.449 e. The SMILES string of the molecule is O=C(Cn1c(C(F)(F)F)nc2c(NC(=O)c3c(Cl)cccc3Cl)cccc21)NCCO. The molecule has 3 N–H and O–H groups in total. The molecular weight excluding hydrogens is 460 g/mol. The Bertz CT molecular complexity index is 1130. The van der Waals surface area contributed by atoms with E-state index in [4.69, 9.17) is 28.3 Å². The predicted molar refractivity (Wildman–Crippen MR) is 109 cm³/mol. The number of imidazole rings is 1. The summed E-state index contributed by atoms with van der Waals surface area (Å²) in [6.07, 6.45) is -4.86. The third-order valence-electron chi connectivity index (χ3n) is 4.21. The molecule has 1 aromatic heterocycles. The van der Waals surface area contributed by atoms with Gasteiger partial charge in [-0.1, -0.05) is 35.3 Å². The minimum Gasteiger partial charge on any atom is -0.395 e. The van der Waals surface area contributed by atoms with Crippen molar-refractivity contribution in [2.75, 3.05) is 18.5 Å². The van der Waals surface area contributed by atoms with E-state index in [2.05, 4.69) is 15.6 Å². The molecule has 31 heavy (non-hydrogen) atoms. The second-order valence-electron chi connectivity index (χ2n) is 6.32. The van der Waals surface area contributed by atoms with Gasteiger partial charge in [0.2, 0.25) is 11.7 Å². The van der Waals surface area contributed by atoms with Gasteiger partial charge in [-0.05, 0) is 24.3 Å². The lowest BCUT2D eigenvalue weighted by molar-refractivity contribution is -0.147. The van der Waals surface area contributed by atoms with Crippen LogP contribution >= 0.6 is 23.2 Å². The molecule has 164 valence electrons. The van der Waals surface area contributed by atoms with Crippen molar-refractivity contribution in [3.8, 4) is 0 Å². The highest BCUT2D eigenvalue weighted by Crippen LogP contribution is 2.34. The Hall–Kier alpha value is -2.82. The van der Waals surface area contributed by atoms with Crippen LogP contribution in [0.3, 0.4) is 0 Å². The highest BCUT2D eigenvalue weighted by atomic mass is 35.5. The van der Waals surface area contributed by atoms with Gasteiger partial charge in [0, 0.05) is 6.54 Å². The Kier molecular flexibility index (Phi) is 6.73. The molecule has 0 saturated heterocycles. The van der Waals surface area contributed by atoms with Crippen molar-refractivity contribution in [3.63, 3.8) is 0 Å². The summed E-state index contributed by atoms with van der Waals surface area (Å²) in [7, 11) is 0. The molecule has 3 rings (SSSR count). The Balaban J connectivity index is 2.05. The monoisotopic (exact) mass is 474 g/mol. The Morgan fingerprint density at radius 1 is 1.10 bits per heavy atom. The number of anilines is 1. The van der Waals surface area contributed by atoms with E-state index in [0.717, 1.165) is 0 Å². The van der Waals surface area contributed by atoms with Gasteiger partial charge in [0.05, 0.1) is 33.4 Å². The van der Waals surface area contributed by atoms with Crippen LogP contribution in [0.5, 0.6) is 0 Å². The summed E-state index contributed by atoms with van der Waals surface area (Å²) in [6, 6.07) is 8.57. The second kappa shape index (κ2) is 9.13. The maximum Gasteiger partial charge on any atom is 0.449 e. The number of aliphatic hydroxyl groups excluding tert-OH is 1. The van der Waals surface area contributed by atoms with Gasteiger partial charge in [0.15, 0.2) is 0 Å². The van der Waals surface area contributed by atoms with Crippen LogP contribution in [0.4, 0.5) is 18.9 Å². The molecule has 0 fully saturated rings. The predicted octanol–water partition coefficient (Wildman–Crippen LogP) is 3.72. The lowest BCUT2D eigenvalue weighted by atomic mass is 10.2. The van der Waals surface area contributed by atoms with E-state index in [9.17, 15) is 22.8 Å². The molecule has 0 aliphatic carbocycles. The van der Waals surface area contributed by atoms with Crippen LogP contribution in [0.25, 0.3) is 11.0 Å². The maximum absolute atomic E-state index is 13.6. The average molecular weight is 475 g/mol. The summed E-state index contributed by atoms with van der Waals surface area (Å²) >= 11 is 12.0. The number of alkyl halides is 3. The quantitative estimate of drug-likeness (QED) is 0.507. The van der Waals surface area contributed by atoms with Crippen LogP contribution in [-0.2, 0) is 17.5 Å². The van der Waals surface area contributed by atoms with E-state index in [1.165, 1.54) is 30.3 Å². The van der Waals surface area contributed by atoms with E-state index in [0.29, 0.717) is 4.57 Å². The number of hydrogen-bond acceptors (Lipinski definition) is 4. The van der Waals surface area contributed by atoms with Crippen molar-refractivity contribution in [3.05, 3.63) is 57.8 Å². The molecule has 3 aromatic rings. The van der Waals surface area contributed by atoms with Crippen LogP contribution in [0.1, 0.15) is 16.2 Å². The van der Waals surface area contributed by atoms with Gasteiger partial charge < -0.3 is 20.3 Å². The van der Waals surface area contributed by atoms with Crippen molar-refractivity contribution in [1.82, 2.24) is 14.9 Å². The molecule has 1 heterocycles. The van der Waals surface area contributed by atoms with E-state index in [1.807, 2.05) is 0 Å². The van der Waals surface area contributed by atoms with Crippen molar-refractivity contribution < 1.29 is 27.9 Å². The molecular formula is C19H15Cl2F3N4O3. The van der Waals surface area contributed by atoms with Gasteiger partial charge in [-0.3, -0.25) is 9.59 Å². The molecule has 0 aliphatic rings. The zero-order valence-electron chi connectivity index (χ0n) is 15.6. The highest BCUT2D eigenvalue weighted by Gasteiger charge is 2.38. The number of carbonyl (C=O) groups is 2. The van der Waals surface area contributed by atoms with Crippen LogP contribution < -0.4 is 10.6 Å². The fourth-order valence-corrected chi connectivity index (χ4v) is 3.49. The number of nitrogens with one attached hydrogen (secondary N) is 2. The number of aromatic nitrogens is 2. The molecule has 7 nitrogen and oxygen atoms in total. The van der Waals surface area contributed by atoms with Gasteiger partial charge in [-0.15, -0.1) is 0 Å². The fraction of sp³-hybridized carbons (Fsp3) is 0.211. The van der Waals surface area contributed by atoms with Crippen molar-refractivity contribution in [2.45, 2.75) is 12.7 Å². The molecule has 0 unspecified atom stereocenters. The normalized spacial score (nSPS) is 11.5. The minimum absolute atomic E-state index is 0.0153. The summed E-state index contributed by atoms with van der Waals surface area (Å²) in [4.78, 5) is 28.3. The van der Waals surface area contributed by atoms with Crippen LogP contribution in [0.2, 0.25) is 10.0 Å². The minimum atomic E-state index is -4.86. The lowest BCUT2D eigenvalue weighted by Gasteiger charge is -2.11. The third-order valence-corrected chi connectivity index (χ3v) is 4.84. The number of aliphatic hydroxyl groups is 1. The number of fused-ring (bicyclic) bond motifs is 1. The highest BCUT2D eigenvalue weighted by molar-refractivity contribution is 6.40. The first-order chi connectivity index (χ1) is 14.6. The molecule has 0 atom stereocenters. The molecule has 0 aliphatic heterocycles. The molecule has 0 bridgehead atoms. The summed E-state index contributed by atoms with van der Waals surface area (Å²) < 4.78 is 41.4. The Labute approximate surface area is 183 Å². The standard InChI is InChI=1S/C19H15Cl2F3N4O3/c20-10-3-1-4-11(21)15(10)17(31)26-12-5-2-6-13-16(12)27-18(19(22,23)24)28(13)9-14(30)25-7-8-29/h1-6,29H,7-9H2,(H,25,30)(H,26,31). The van der Waals surface area contributed by atoms with Crippen molar-refractivity contribution >= 4 is 51.7 Å². The first-order valence-corrected chi connectivity index (χ1v) is 9.58. The Morgan fingerprint density at radius 3 is 2.35 bits per heavy atom. The summed E-state index contributed by atoms with van der Waals surface area (Å²) in [5.41, 5.74) is -0.240. The number of nitrogens with zero attached hydrogens (tertiary/aromatic N) is 2. The van der Waals surface area contributed by atoms with Gasteiger partial charge in [-0.25, -0.2) is 4.98 Å². The van der Waals surface area contributed by atoms with Crippen LogP contribution in [-0.4, -0.2) is 39.6 Å². The number of para-hydroxylation sites is 1. The Morgan fingerprint density at radius 2 is 1.74 bits per heavy atom. The van der Waals surface area contributed by atoms with E-state index >= 15 is 0 Å². The number of hydrogen-bond donors (Lipinski definition) is 3. The molecule has 0 saturated carbocycles. The van der Waals surface area contributed by atoms with Crippen molar-refractivity contribution in [2.24, 2.45) is 0 Å². The zero-order valence-corrected chi connectivity index (χ0v) is 17.1. The third kappa shape index (κ3) is 4.92. The lowest BCUT2D eigenvalue weighted by Crippen LogP contribution is -2.31. The number of benzene rings is 2. The van der Waals surface area contributed by atoms with Gasteiger partial charge in [0.25, 0.3) is 5.91 Å². The van der Waals surface area contributed by atoms with E-state index in [-0.39, 0.29) is 45.5 Å². The number of halogens is 5. The van der Waals surface area contributed by atoms with Gasteiger partial charge >= 0.3 is 6.18 Å². The molecule has 12 heteroatoms. The average Bonchev–Trinajstić information content (AvgIpc) is 3.06.